The number of hydrogen-bond acceptors (Lipinski definition) is 10. The Bertz CT molecular complexity index is 4.83. The first kappa shape index (κ1) is 439. The van der Waals surface area contributed by atoms with E-state index in [1.807, 2.05) is 0 Å². The molecule has 0 unspecified atom stereocenters. The molecule has 76 valence electrons. The van der Waals surface area contributed by atoms with Gasteiger partial charge in [-0.3, -0.25) is 0 Å². The fraction of sp³-hybridized carbons (Fsp3) is 0. The van der Waals surface area contributed by atoms with E-state index in [4.69, 9.17) is 9.93 Å². The van der Waals surface area contributed by atoms with Crippen LogP contribution in [-0.2, 0) is 0 Å². The Kier molecular flexibility index (Phi) is 70800. The van der Waals surface area contributed by atoms with E-state index in [2.05, 4.69) is 0 Å². The summed E-state index contributed by atoms with van der Waals surface area (Å²) in [5, 5.41) is 0. The SMILES string of the molecule is O=O.[OH-].[OH-].[OH-].[OH-].[OH-].[OH-].[OH-].[OH-].[Sr+2]. The second-order valence-electron chi connectivity index (χ2n) is 0. The summed E-state index contributed by atoms with van der Waals surface area (Å²) >= 11 is 0. The van der Waals surface area contributed by atoms with E-state index in [0.717, 1.165) is 0 Å². The van der Waals surface area contributed by atoms with Gasteiger partial charge in [0.2, 0.25) is 0 Å². The van der Waals surface area contributed by atoms with Crippen molar-refractivity contribution < 1.29 is 43.8 Å². The summed E-state index contributed by atoms with van der Waals surface area (Å²) in [6, 6.07) is 0. The van der Waals surface area contributed by atoms with Gasteiger partial charge in [0.15, 0.2) is 0 Å². The molecular formula is H8O10Sr-6. The van der Waals surface area contributed by atoms with Crippen LogP contribution in [0.1, 0.15) is 0 Å². The number of rotatable bonds is 0. The molecule has 0 heterocycles. The van der Waals surface area contributed by atoms with Crippen molar-refractivity contribution in [2.75, 3.05) is 0 Å². The third kappa shape index (κ3) is 1430. The molecule has 0 saturated heterocycles. The predicted octanol–water partition coefficient (Wildman–Crippen LogP) is -1.73. The smallest absolute Gasteiger partial charge is 0.870 e. The van der Waals surface area contributed by atoms with E-state index in [1.165, 1.54) is 0 Å². The molecule has 0 aromatic heterocycles. The van der Waals surface area contributed by atoms with Gasteiger partial charge in [-0.15, -0.1) is 0 Å². The predicted molar refractivity (Wildman–Crippen MR) is 28.0 cm³/mol. The largest absolute Gasteiger partial charge is 2.00 e. The van der Waals surface area contributed by atoms with Gasteiger partial charge in [0.05, 0.1) is 0 Å². The van der Waals surface area contributed by atoms with Crippen LogP contribution >= 0.6 is 0 Å². The molecule has 11 heteroatoms. The zero-order valence-corrected chi connectivity index (χ0v) is 8.58. The summed E-state index contributed by atoms with van der Waals surface area (Å²) in [6.07, 6.45) is 0. The second kappa shape index (κ2) is 1770. The van der Waals surface area contributed by atoms with E-state index < -0.39 is 0 Å². The minimum absolute atomic E-state index is 0. The Morgan fingerprint density at radius 1 is 0.364 bits per heavy atom. The van der Waals surface area contributed by atoms with Crippen molar-refractivity contribution in [1.29, 1.82) is 0 Å². The Morgan fingerprint density at radius 3 is 0.364 bits per heavy atom. The van der Waals surface area contributed by atoms with Gasteiger partial charge in [-0.2, -0.15) is 0 Å². The average Bonchev–Trinajstić information content (AvgIpc) is 1.00. The van der Waals surface area contributed by atoms with Gasteiger partial charge in [0.1, 0.15) is 0 Å². The summed E-state index contributed by atoms with van der Waals surface area (Å²) < 4.78 is 0. The number of hydrogen-bond donors (Lipinski definition) is 0. The van der Waals surface area contributed by atoms with Crippen LogP contribution in [0.4, 0.5) is 0 Å². The first-order chi connectivity index (χ1) is 1.00. The molecule has 0 spiro atoms. The normalized spacial score (nSPS) is 0.364. The Balaban J connectivity index is -0.000000000139. The fourth-order valence-corrected chi connectivity index (χ4v) is 0. The van der Waals surface area contributed by atoms with Crippen LogP contribution in [0.25, 0.3) is 0 Å². The average molecular weight is 256 g/mol. The van der Waals surface area contributed by atoms with Gasteiger partial charge in [-0.25, -0.2) is 0 Å². The van der Waals surface area contributed by atoms with Crippen LogP contribution in [0.2, 0.25) is 0 Å². The fourth-order valence-electron chi connectivity index (χ4n) is 0. The summed E-state index contributed by atoms with van der Waals surface area (Å²) in [6.45, 7) is 0. The van der Waals surface area contributed by atoms with E-state index in [0.29, 0.717) is 0 Å². The van der Waals surface area contributed by atoms with Crippen molar-refractivity contribution in [3.8, 4) is 0 Å². The first-order valence-corrected chi connectivity index (χ1v) is 0.167. The molecule has 0 aliphatic carbocycles. The molecule has 0 aromatic carbocycles. The molecular weight excluding hydrogens is 248 g/mol. The Hall–Kier alpha value is 0.761. The third-order valence-corrected chi connectivity index (χ3v) is 0. The van der Waals surface area contributed by atoms with E-state index in [-0.39, 0.29) is 89.3 Å². The molecule has 0 rings (SSSR count). The maximum Gasteiger partial charge on any atom is 2.00 e. The van der Waals surface area contributed by atoms with Crippen molar-refractivity contribution in [1.82, 2.24) is 0 Å². The van der Waals surface area contributed by atoms with Gasteiger partial charge in [-0.05, 0) is 0 Å². The topological polar surface area (TPSA) is 274 Å². The van der Waals surface area contributed by atoms with E-state index >= 15 is 0 Å². The van der Waals surface area contributed by atoms with Crippen molar-refractivity contribution in [2.24, 2.45) is 0 Å². The van der Waals surface area contributed by atoms with Gasteiger partial charge in [0, 0.05) is 9.93 Å². The molecule has 0 atom stereocenters. The van der Waals surface area contributed by atoms with E-state index in [1.54, 1.807) is 0 Å². The Morgan fingerprint density at radius 2 is 0.364 bits per heavy atom. The molecule has 0 saturated carbocycles. The van der Waals surface area contributed by atoms with Gasteiger partial charge in [-0.1, -0.05) is 0 Å². The van der Waals surface area contributed by atoms with Crippen molar-refractivity contribution in [2.45, 2.75) is 0 Å². The molecule has 10 nitrogen and oxygen atoms in total. The van der Waals surface area contributed by atoms with Crippen LogP contribution in [0.3, 0.4) is 0 Å². The minimum Gasteiger partial charge on any atom is -0.870 e. The van der Waals surface area contributed by atoms with Gasteiger partial charge >= 0.3 is 45.5 Å². The first-order valence-electron chi connectivity index (χ1n) is 0.167. The molecule has 0 aliphatic heterocycles. The maximum absolute atomic E-state index is 7.00. The molecule has 0 fully saturated rings. The van der Waals surface area contributed by atoms with Gasteiger partial charge in [0.25, 0.3) is 0 Å². The van der Waals surface area contributed by atoms with Crippen LogP contribution in [0, 0.1) is 9.93 Å². The molecule has 0 radical (unpaired) electrons. The Labute approximate surface area is 98.5 Å². The second-order valence-corrected chi connectivity index (χ2v) is 0. The summed E-state index contributed by atoms with van der Waals surface area (Å²) in [5.74, 6) is 0. The maximum atomic E-state index is 7.00. The molecule has 8 N–H and O–H groups in total. The van der Waals surface area contributed by atoms with E-state index in [9.17, 15) is 0 Å². The van der Waals surface area contributed by atoms with Crippen LogP contribution in [0.5, 0.6) is 0 Å². The molecule has 0 amide bonds. The van der Waals surface area contributed by atoms with Crippen molar-refractivity contribution in [3.05, 3.63) is 9.93 Å². The zero-order chi connectivity index (χ0) is 2.00. The van der Waals surface area contributed by atoms with Crippen LogP contribution in [0.15, 0.2) is 0 Å². The summed E-state index contributed by atoms with van der Waals surface area (Å²) in [4.78, 5) is 14.0. The zero-order valence-electron chi connectivity index (χ0n) is 5.10. The quantitative estimate of drug-likeness (QED) is 0.440. The van der Waals surface area contributed by atoms with Gasteiger partial charge < -0.3 is 43.8 Å². The van der Waals surface area contributed by atoms with Crippen LogP contribution < -0.4 is 0 Å². The van der Waals surface area contributed by atoms with Crippen LogP contribution in [-0.4, -0.2) is 89.3 Å². The van der Waals surface area contributed by atoms with Crippen molar-refractivity contribution >= 4 is 45.5 Å². The molecule has 0 aromatic rings. The molecule has 0 aliphatic rings. The molecule has 11 heavy (non-hydrogen) atoms. The summed E-state index contributed by atoms with van der Waals surface area (Å²) in [5.41, 5.74) is 0. The van der Waals surface area contributed by atoms with Crippen molar-refractivity contribution in [3.63, 3.8) is 0 Å². The molecule has 0 bridgehead atoms. The minimum atomic E-state index is 0. The standard InChI is InChI=1S/O2.8H2O.Sr/c1-2;;;;;;;;;/h;8*1H2;/q;;;;;;;;;+2/p-8. The summed E-state index contributed by atoms with van der Waals surface area (Å²) in [7, 11) is 0. The monoisotopic (exact) mass is 256 g/mol. The third-order valence-electron chi connectivity index (χ3n) is 0.